The van der Waals surface area contributed by atoms with Crippen molar-refractivity contribution in [3.63, 3.8) is 0 Å². The summed E-state index contributed by atoms with van der Waals surface area (Å²) in [7, 11) is -1.63. The molecule has 2 aromatic carbocycles. The minimum atomic E-state index is -3.46. The Morgan fingerprint density at radius 1 is 1.04 bits per heavy atom. The third kappa shape index (κ3) is 4.60. The van der Waals surface area contributed by atoms with E-state index in [0.29, 0.717) is 37.6 Å². The van der Waals surface area contributed by atoms with Crippen molar-refractivity contribution in [2.75, 3.05) is 39.8 Å². The molecule has 1 fully saturated rings. The number of carbonyl (C=O) groups is 1. The predicted molar refractivity (Wildman–Crippen MR) is 108 cm³/mol. The average molecular weight is 403 g/mol. The predicted octanol–water partition coefficient (Wildman–Crippen LogP) is 0.795. The van der Waals surface area contributed by atoms with Gasteiger partial charge >= 0.3 is 0 Å². The van der Waals surface area contributed by atoms with Crippen molar-refractivity contribution in [2.24, 2.45) is 0 Å². The summed E-state index contributed by atoms with van der Waals surface area (Å²) in [5.41, 5.74) is 1.10. The summed E-state index contributed by atoms with van der Waals surface area (Å²) in [6, 6.07) is 18.5. The van der Waals surface area contributed by atoms with E-state index in [9.17, 15) is 13.2 Å². The quantitative estimate of drug-likeness (QED) is 0.777. The highest BCUT2D eigenvalue weighted by Crippen LogP contribution is 2.18. The Balaban J connectivity index is 1.55. The first kappa shape index (κ1) is 20.5. The number of carbonyl (C=O) groups excluding carboxylic acids is 1. The second kappa shape index (κ2) is 8.86. The largest absolute Gasteiger partial charge is 0.334 e. The van der Waals surface area contributed by atoms with Gasteiger partial charge in [0, 0.05) is 7.05 Å². The fourth-order valence-electron chi connectivity index (χ4n) is 3.47. The molecule has 28 heavy (non-hydrogen) atoms. The lowest BCUT2D eigenvalue weighted by molar-refractivity contribution is -0.896. The molecule has 2 aromatic rings. The molecule has 1 aliphatic heterocycles. The summed E-state index contributed by atoms with van der Waals surface area (Å²) in [4.78, 5) is 15.9. The van der Waals surface area contributed by atoms with E-state index in [0.717, 1.165) is 10.5 Å². The lowest BCUT2D eigenvalue weighted by Crippen LogP contribution is -3.15. The molecule has 0 aromatic heterocycles. The van der Waals surface area contributed by atoms with Crippen molar-refractivity contribution < 1.29 is 18.1 Å². The molecule has 3 rings (SSSR count). The third-order valence-electron chi connectivity index (χ3n) is 5.47. The maximum atomic E-state index is 12.7. The molecule has 1 aliphatic rings. The number of amides is 1. The second-order valence-electron chi connectivity index (χ2n) is 7.24. The number of rotatable bonds is 6. The van der Waals surface area contributed by atoms with Gasteiger partial charge in [-0.1, -0.05) is 48.5 Å². The molecule has 0 bridgehead atoms. The molecule has 1 saturated heterocycles. The van der Waals surface area contributed by atoms with Gasteiger partial charge in [-0.2, -0.15) is 4.31 Å². The molecule has 1 heterocycles. The highest BCUT2D eigenvalue weighted by atomic mass is 32.2. The van der Waals surface area contributed by atoms with E-state index < -0.39 is 10.0 Å². The first-order chi connectivity index (χ1) is 13.4. The minimum Gasteiger partial charge on any atom is -0.334 e. The topological polar surface area (TPSA) is 62.1 Å². The Labute approximate surface area is 167 Å². The van der Waals surface area contributed by atoms with Crippen LogP contribution in [0, 0.1) is 0 Å². The molecule has 150 valence electrons. The van der Waals surface area contributed by atoms with Crippen LogP contribution in [0.25, 0.3) is 0 Å². The molecule has 1 N–H and O–H groups in total. The summed E-state index contributed by atoms with van der Waals surface area (Å²) in [6.45, 7) is 4.52. The van der Waals surface area contributed by atoms with Crippen LogP contribution in [0.3, 0.4) is 0 Å². The lowest BCUT2D eigenvalue weighted by Gasteiger charge is -2.33. The molecule has 0 aliphatic carbocycles. The van der Waals surface area contributed by atoms with Gasteiger partial charge < -0.3 is 9.80 Å². The van der Waals surface area contributed by atoms with E-state index in [4.69, 9.17) is 0 Å². The van der Waals surface area contributed by atoms with Crippen LogP contribution in [0.15, 0.2) is 65.6 Å². The van der Waals surface area contributed by atoms with Crippen molar-refractivity contribution in [2.45, 2.75) is 17.9 Å². The smallest absolute Gasteiger partial charge is 0.278 e. The van der Waals surface area contributed by atoms with Crippen LogP contribution in [0.1, 0.15) is 18.5 Å². The summed E-state index contributed by atoms with van der Waals surface area (Å²) >= 11 is 0. The fraction of sp³-hybridized carbons (Fsp3) is 0.381. The number of quaternary nitrogens is 1. The SMILES string of the molecule is C[C@@H](c1ccccc1)N(C)C(=O)C[NH+]1CCN(S(=O)(=O)c2ccccc2)CC1. The Kier molecular flexibility index (Phi) is 6.49. The van der Waals surface area contributed by atoms with Crippen LogP contribution >= 0.6 is 0 Å². The van der Waals surface area contributed by atoms with Crippen LogP contribution in [0.5, 0.6) is 0 Å². The van der Waals surface area contributed by atoms with E-state index in [1.165, 1.54) is 4.31 Å². The Morgan fingerprint density at radius 2 is 1.57 bits per heavy atom. The average Bonchev–Trinajstić information content (AvgIpc) is 2.74. The fourth-order valence-corrected chi connectivity index (χ4v) is 4.93. The van der Waals surface area contributed by atoms with Gasteiger partial charge in [0.2, 0.25) is 10.0 Å². The number of likely N-dealkylation sites (N-methyl/N-ethyl adjacent to an activating group) is 1. The Bertz CT molecular complexity index is 880. The number of nitrogens with zero attached hydrogens (tertiary/aromatic N) is 2. The zero-order valence-corrected chi connectivity index (χ0v) is 17.2. The monoisotopic (exact) mass is 402 g/mol. The van der Waals surface area contributed by atoms with Gasteiger partial charge in [0.05, 0.1) is 37.1 Å². The highest BCUT2D eigenvalue weighted by Gasteiger charge is 2.31. The van der Waals surface area contributed by atoms with E-state index in [1.807, 2.05) is 44.3 Å². The van der Waals surface area contributed by atoms with Crippen LogP contribution in [-0.2, 0) is 14.8 Å². The zero-order chi connectivity index (χ0) is 20.1. The van der Waals surface area contributed by atoms with Gasteiger partial charge in [-0.3, -0.25) is 4.79 Å². The van der Waals surface area contributed by atoms with Crippen LogP contribution in [-0.4, -0.2) is 63.3 Å². The van der Waals surface area contributed by atoms with Gasteiger partial charge in [-0.15, -0.1) is 0 Å². The molecule has 7 heteroatoms. The first-order valence-electron chi connectivity index (χ1n) is 9.59. The van der Waals surface area contributed by atoms with Gasteiger partial charge in [0.1, 0.15) is 0 Å². The van der Waals surface area contributed by atoms with Gasteiger partial charge in [0.25, 0.3) is 5.91 Å². The molecular formula is C21H28N3O3S+. The Hall–Kier alpha value is -2.22. The number of sulfonamides is 1. The number of hydrogen-bond acceptors (Lipinski definition) is 3. The molecule has 1 atom stereocenters. The number of nitrogens with one attached hydrogen (secondary N) is 1. The molecule has 0 saturated carbocycles. The third-order valence-corrected chi connectivity index (χ3v) is 7.38. The number of benzene rings is 2. The summed E-state index contributed by atoms with van der Waals surface area (Å²) < 4.78 is 26.9. The molecule has 0 radical (unpaired) electrons. The maximum absolute atomic E-state index is 12.7. The number of piperazine rings is 1. The molecule has 0 unspecified atom stereocenters. The summed E-state index contributed by atoms with van der Waals surface area (Å²) in [5.74, 6) is 0.0747. The van der Waals surface area contributed by atoms with Crippen molar-refractivity contribution in [1.82, 2.24) is 9.21 Å². The van der Waals surface area contributed by atoms with Gasteiger partial charge in [-0.25, -0.2) is 8.42 Å². The van der Waals surface area contributed by atoms with Crippen molar-refractivity contribution in [3.05, 3.63) is 66.2 Å². The molecular weight excluding hydrogens is 374 g/mol. The summed E-state index contributed by atoms with van der Waals surface area (Å²) in [6.07, 6.45) is 0. The Morgan fingerprint density at radius 3 is 2.14 bits per heavy atom. The highest BCUT2D eigenvalue weighted by molar-refractivity contribution is 7.89. The minimum absolute atomic E-state index is 0.00727. The van der Waals surface area contributed by atoms with E-state index in [1.54, 1.807) is 35.2 Å². The molecule has 1 amide bonds. The van der Waals surface area contributed by atoms with Gasteiger partial charge in [0.15, 0.2) is 6.54 Å². The van der Waals surface area contributed by atoms with Crippen LogP contribution in [0.2, 0.25) is 0 Å². The second-order valence-corrected chi connectivity index (χ2v) is 9.17. The first-order valence-corrected chi connectivity index (χ1v) is 11.0. The van der Waals surface area contributed by atoms with Gasteiger partial charge in [-0.05, 0) is 24.6 Å². The molecule has 0 spiro atoms. The van der Waals surface area contributed by atoms with E-state index >= 15 is 0 Å². The van der Waals surface area contributed by atoms with E-state index in [-0.39, 0.29) is 11.9 Å². The van der Waals surface area contributed by atoms with E-state index in [2.05, 4.69) is 0 Å². The van der Waals surface area contributed by atoms with Crippen LogP contribution < -0.4 is 4.90 Å². The standard InChI is InChI=1S/C21H27N3O3S/c1-18(19-9-5-3-6-10-19)22(2)21(25)17-23-13-15-24(16-14-23)28(26,27)20-11-7-4-8-12-20/h3-12,18H,13-17H2,1-2H3/p+1/t18-/m0/s1. The van der Waals surface area contributed by atoms with Crippen LogP contribution in [0.4, 0.5) is 0 Å². The van der Waals surface area contributed by atoms with Crippen molar-refractivity contribution >= 4 is 15.9 Å². The lowest BCUT2D eigenvalue weighted by atomic mass is 10.1. The number of hydrogen-bond donors (Lipinski definition) is 1. The normalized spacial score (nSPS) is 17.2. The van der Waals surface area contributed by atoms with Crippen molar-refractivity contribution in [3.8, 4) is 0 Å². The zero-order valence-electron chi connectivity index (χ0n) is 16.4. The molecule has 6 nitrogen and oxygen atoms in total. The van der Waals surface area contributed by atoms with Crippen molar-refractivity contribution in [1.29, 1.82) is 0 Å². The summed E-state index contributed by atoms with van der Waals surface area (Å²) in [5, 5.41) is 0. The maximum Gasteiger partial charge on any atom is 0.278 e.